The van der Waals surface area contributed by atoms with E-state index in [1.54, 1.807) is 18.2 Å². The highest BCUT2D eigenvalue weighted by molar-refractivity contribution is 9.10. The zero-order valence-corrected chi connectivity index (χ0v) is 17.9. The van der Waals surface area contributed by atoms with Crippen LogP contribution in [0, 0.1) is 0 Å². The van der Waals surface area contributed by atoms with Crippen molar-refractivity contribution in [3.8, 4) is 11.5 Å². The molecular weight excluding hydrogens is 454 g/mol. The summed E-state index contributed by atoms with van der Waals surface area (Å²) in [5, 5.41) is 15.1. The first-order valence-corrected chi connectivity index (χ1v) is 9.92. The van der Waals surface area contributed by atoms with Gasteiger partial charge < -0.3 is 20.5 Å². The SMILES string of the molecule is CCc1ccccc1NC(=O)CN1C(=O)N/C(=C/c2cc(Br)c(O)c(OC)c2)C1=O. The van der Waals surface area contributed by atoms with Gasteiger partial charge in [-0.15, -0.1) is 0 Å². The molecule has 0 atom stereocenters. The molecule has 0 unspecified atom stereocenters. The molecule has 1 aliphatic heterocycles. The van der Waals surface area contributed by atoms with Crippen LogP contribution < -0.4 is 15.4 Å². The number of urea groups is 1. The van der Waals surface area contributed by atoms with E-state index in [9.17, 15) is 19.5 Å². The molecule has 2 aromatic rings. The van der Waals surface area contributed by atoms with Gasteiger partial charge in [-0.1, -0.05) is 25.1 Å². The number of methoxy groups -OCH3 is 1. The summed E-state index contributed by atoms with van der Waals surface area (Å²) in [6.45, 7) is 1.55. The van der Waals surface area contributed by atoms with Crippen LogP contribution in [0.3, 0.4) is 0 Å². The molecule has 4 amide bonds. The minimum atomic E-state index is -0.685. The van der Waals surface area contributed by atoms with E-state index in [2.05, 4.69) is 26.6 Å². The Bertz CT molecular complexity index is 1050. The van der Waals surface area contributed by atoms with Gasteiger partial charge in [-0.05, 0) is 57.8 Å². The van der Waals surface area contributed by atoms with Crippen molar-refractivity contribution in [1.29, 1.82) is 0 Å². The Labute approximate surface area is 181 Å². The number of hydrogen-bond acceptors (Lipinski definition) is 5. The number of rotatable bonds is 6. The average molecular weight is 474 g/mol. The highest BCUT2D eigenvalue weighted by Crippen LogP contribution is 2.35. The van der Waals surface area contributed by atoms with E-state index in [0.717, 1.165) is 16.9 Å². The second kappa shape index (κ2) is 9.00. The monoisotopic (exact) mass is 473 g/mol. The first-order valence-electron chi connectivity index (χ1n) is 9.12. The summed E-state index contributed by atoms with van der Waals surface area (Å²) >= 11 is 3.21. The lowest BCUT2D eigenvalue weighted by Gasteiger charge is -2.13. The van der Waals surface area contributed by atoms with Gasteiger partial charge in [0.2, 0.25) is 5.91 Å². The van der Waals surface area contributed by atoms with E-state index in [-0.39, 0.29) is 17.2 Å². The van der Waals surface area contributed by atoms with Crippen LogP contribution in [0.2, 0.25) is 0 Å². The highest BCUT2D eigenvalue weighted by atomic mass is 79.9. The van der Waals surface area contributed by atoms with E-state index in [4.69, 9.17) is 4.74 Å². The standard InChI is InChI=1S/C21H20BrN3O5/c1-3-13-6-4-5-7-15(13)23-18(26)11-25-20(28)16(24-21(25)29)9-12-8-14(22)19(27)17(10-12)30-2/h4-10,27H,3,11H2,1-2H3,(H,23,26)(H,24,29)/b16-9+. The third-order valence-electron chi connectivity index (χ3n) is 4.52. The fraction of sp³-hybridized carbons (Fsp3) is 0.190. The Balaban J connectivity index is 1.75. The number of aromatic hydroxyl groups is 1. The summed E-state index contributed by atoms with van der Waals surface area (Å²) in [5.41, 5.74) is 2.13. The Morgan fingerprint density at radius 3 is 2.73 bits per heavy atom. The van der Waals surface area contributed by atoms with Crippen LogP contribution in [0.25, 0.3) is 6.08 Å². The summed E-state index contributed by atoms with van der Waals surface area (Å²) in [6.07, 6.45) is 2.18. The van der Waals surface area contributed by atoms with Gasteiger partial charge in [0.05, 0.1) is 11.6 Å². The number of amides is 4. The maximum absolute atomic E-state index is 12.6. The van der Waals surface area contributed by atoms with Crippen molar-refractivity contribution in [3.05, 3.63) is 57.7 Å². The number of nitrogens with zero attached hydrogens (tertiary/aromatic N) is 1. The number of anilines is 1. The number of halogens is 1. The number of imide groups is 1. The number of carbonyl (C=O) groups is 3. The third kappa shape index (κ3) is 4.46. The lowest BCUT2D eigenvalue weighted by atomic mass is 10.1. The van der Waals surface area contributed by atoms with E-state index in [0.29, 0.717) is 15.7 Å². The van der Waals surface area contributed by atoms with Gasteiger partial charge in [0.1, 0.15) is 12.2 Å². The molecule has 1 fully saturated rings. The van der Waals surface area contributed by atoms with Gasteiger partial charge >= 0.3 is 6.03 Å². The molecule has 8 nitrogen and oxygen atoms in total. The van der Waals surface area contributed by atoms with Crippen molar-refractivity contribution in [2.75, 3.05) is 19.0 Å². The Kier molecular flexibility index (Phi) is 6.41. The number of benzene rings is 2. The molecular formula is C21H20BrN3O5. The van der Waals surface area contributed by atoms with Crippen molar-refractivity contribution in [2.45, 2.75) is 13.3 Å². The number of aryl methyl sites for hydroxylation is 1. The van der Waals surface area contributed by atoms with Gasteiger partial charge in [-0.2, -0.15) is 0 Å². The van der Waals surface area contributed by atoms with Crippen molar-refractivity contribution in [3.63, 3.8) is 0 Å². The smallest absolute Gasteiger partial charge is 0.329 e. The van der Waals surface area contributed by atoms with Gasteiger partial charge in [0.25, 0.3) is 5.91 Å². The molecule has 30 heavy (non-hydrogen) atoms. The molecule has 0 aliphatic carbocycles. The second-order valence-electron chi connectivity index (χ2n) is 6.49. The number of para-hydroxylation sites is 1. The fourth-order valence-corrected chi connectivity index (χ4v) is 3.46. The lowest BCUT2D eigenvalue weighted by molar-refractivity contribution is -0.127. The predicted octanol–water partition coefficient (Wildman–Crippen LogP) is 3.26. The predicted molar refractivity (Wildman–Crippen MR) is 115 cm³/mol. The zero-order valence-electron chi connectivity index (χ0n) is 16.4. The first-order chi connectivity index (χ1) is 14.3. The Hall–Kier alpha value is -3.33. The maximum atomic E-state index is 12.6. The maximum Gasteiger partial charge on any atom is 0.329 e. The summed E-state index contributed by atoms with van der Waals surface area (Å²) < 4.78 is 5.45. The summed E-state index contributed by atoms with van der Waals surface area (Å²) in [6, 6.07) is 9.74. The summed E-state index contributed by atoms with van der Waals surface area (Å²) in [4.78, 5) is 38.1. The molecule has 1 aliphatic rings. The van der Waals surface area contributed by atoms with Gasteiger partial charge in [-0.25, -0.2) is 9.69 Å². The number of carbonyl (C=O) groups excluding carboxylic acids is 3. The molecule has 0 aromatic heterocycles. The molecule has 0 saturated carbocycles. The first kappa shape index (κ1) is 21.4. The second-order valence-corrected chi connectivity index (χ2v) is 7.35. The van der Waals surface area contributed by atoms with Gasteiger partial charge in [-0.3, -0.25) is 9.59 Å². The molecule has 0 bridgehead atoms. The van der Waals surface area contributed by atoms with Crippen LogP contribution in [0.1, 0.15) is 18.1 Å². The number of hydrogen-bond donors (Lipinski definition) is 3. The Morgan fingerprint density at radius 1 is 1.30 bits per heavy atom. The average Bonchev–Trinajstić information content (AvgIpc) is 2.98. The molecule has 9 heteroatoms. The van der Waals surface area contributed by atoms with Crippen LogP contribution in [0.15, 0.2) is 46.6 Å². The Morgan fingerprint density at radius 2 is 2.03 bits per heavy atom. The van der Waals surface area contributed by atoms with E-state index in [1.165, 1.54) is 19.3 Å². The van der Waals surface area contributed by atoms with Crippen LogP contribution >= 0.6 is 15.9 Å². The quantitative estimate of drug-likeness (QED) is 0.440. The van der Waals surface area contributed by atoms with E-state index >= 15 is 0 Å². The highest BCUT2D eigenvalue weighted by Gasteiger charge is 2.35. The number of ether oxygens (including phenoxy) is 1. The van der Waals surface area contributed by atoms with Crippen LogP contribution in [-0.4, -0.2) is 41.5 Å². The van der Waals surface area contributed by atoms with Crippen molar-refractivity contribution < 1.29 is 24.2 Å². The summed E-state index contributed by atoms with van der Waals surface area (Å²) in [7, 11) is 1.40. The molecule has 3 rings (SSSR count). The summed E-state index contributed by atoms with van der Waals surface area (Å²) in [5.74, 6) is -0.970. The largest absolute Gasteiger partial charge is 0.503 e. The number of nitrogens with one attached hydrogen (secondary N) is 2. The minimum Gasteiger partial charge on any atom is -0.503 e. The van der Waals surface area contributed by atoms with Crippen LogP contribution in [0.4, 0.5) is 10.5 Å². The van der Waals surface area contributed by atoms with Crippen LogP contribution in [0.5, 0.6) is 11.5 Å². The lowest BCUT2D eigenvalue weighted by Crippen LogP contribution is -2.38. The molecule has 1 saturated heterocycles. The topological polar surface area (TPSA) is 108 Å². The van der Waals surface area contributed by atoms with E-state index < -0.39 is 24.4 Å². The molecule has 1 heterocycles. The van der Waals surface area contributed by atoms with Crippen molar-refractivity contribution >= 4 is 45.5 Å². The van der Waals surface area contributed by atoms with E-state index in [1.807, 2.05) is 19.1 Å². The van der Waals surface area contributed by atoms with Crippen molar-refractivity contribution in [1.82, 2.24) is 10.2 Å². The molecule has 3 N–H and O–H groups in total. The molecule has 0 spiro atoms. The van der Waals surface area contributed by atoms with Crippen LogP contribution in [-0.2, 0) is 16.0 Å². The van der Waals surface area contributed by atoms with Gasteiger partial charge in [0, 0.05) is 5.69 Å². The number of phenols is 1. The fourth-order valence-electron chi connectivity index (χ4n) is 3.00. The van der Waals surface area contributed by atoms with Gasteiger partial charge in [0.15, 0.2) is 11.5 Å². The molecule has 156 valence electrons. The minimum absolute atomic E-state index is 0.0152. The third-order valence-corrected chi connectivity index (χ3v) is 5.12. The number of phenolic OH excluding ortho intramolecular Hbond substituents is 1. The van der Waals surface area contributed by atoms with Crippen molar-refractivity contribution in [2.24, 2.45) is 0 Å². The normalized spacial score (nSPS) is 14.8. The molecule has 0 radical (unpaired) electrons. The zero-order chi connectivity index (χ0) is 21.8. The molecule has 2 aromatic carbocycles.